The van der Waals surface area contributed by atoms with Crippen LogP contribution in [0, 0.1) is 19.7 Å². The normalized spacial score (nSPS) is 10.9. The second kappa shape index (κ2) is 6.95. The van der Waals surface area contributed by atoms with Gasteiger partial charge in [-0.3, -0.25) is 9.89 Å². The molecule has 1 aromatic carbocycles. The Kier molecular flexibility index (Phi) is 4.70. The largest absolute Gasteiger partial charge is 0.323 e. The Hall–Kier alpha value is -3.23. The number of amides is 2. The van der Waals surface area contributed by atoms with Gasteiger partial charge in [-0.15, -0.1) is 0 Å². The lowest BCUT2D eigenvalue weighted by atomic mass is 10.2. The Balaban J connectivity index is 1.92. The van der Waals surface area contributed by atoms with Gasteiger partial charge in [0.05, 0.1) is 5.69 Å². The van der Waals surface area contributed by atoms with E-state index in [0.29, 0.717) is 23.5 Å². The molecule has 2 aromatic heterocycles. The topological polar surface area (TPSA) is 104 Å². The maximum absolute atomic E-state index is 13.6. The molecule has 8 nitrogen and oxygen atoms in total. The van der Waals surface area contributed by atoms with Crippen molar-refractivity contribution in [3.63, 3.8) is 0 Å². The van der Waals surface area contributed by atoms with Gasteiger partial charge in [0.25, 0.3) is 11.3 Å². The fourth-order valence-electron chi connectivity index (χ4n) is 2.56. The monoisotopic (exact) mass is 358 g/mol. The van der Waals surface area contributed by atoms with Crippen molar-refractivity contribution >= 4 is 23.2 Å². The molecule has 3 aromatic rings. The average molecular weight is 358 g/mol. The highest BCUT2D eigenvalue weighted by molar-refractivity contribution is 6.00. The number of aromatic nitrogens is 4. The first-order valence-electron chi connectivity index (χ1n) is 8.21. The Bertz CT molecular complexity index is 1040. The smallest absolute Gasteiger partial charge is 0.308 e. The fraction of sp³-hybridized carbons (Fsp3) is 0.294. The molecule has 26 heavy (non-hydrogen) atoms. The first-order valence-corrected chi connectivity index (χ1v) is 8.21. The van der Waals surface area contributed by atoms with E-state index in [1.807, 2.05) is 6.92 Å². The Morgan fingerprint density at radius 3 is 2.73 bits per heavy atom. The van der Waals surface area contributed by atoms with Crippen LogP contribution < -0.4 is 16.2 Å². The number of hydrogen-bond donors (Lipinski definition) is 3. The molecular formula is C17H19FN6O2. The van der Waals surface area contributed by atoms with E-state index in [1.165, 1.54) is 10.6 Å². The molecule has 136 valence electrons. The highest BCUT2D eigenvalue weighted by Crippen LogP contribution is 2.15. The molecule has 2 heterocycles. The maximum Gasteiger partial charge on any atom is 0.323 e. The van der Waals surface area contributed by atoms with Crippen molar-refractivity contribution < 1.29 is 9.18 Å². The zero-order valence-electron chi connectivity index (χ0n) is 14.7. The highest BCUT2D eigenvalue weighted by atomic mass is 19.1. The third-order valence-electron chi connectivity index (χ3n) is 3.84. The molecule has 0 saturated carbocycles. The Labute approximate surface area is 148 Å². The van der Waals surface area contributed by atoms with E-state index in [0.717, 1.165) is 6.42 Å². The van der Waals surface area contributed by atoms with Gasteiger partial charge in [0.15, 0.2) is 0 Å². The lowest BCUT2D eigenvalue weighted by Gasteiger charge is -2.11. The third kappa shape index (κ3) is 3.41. The predicted octanol–water partition coefficient (Wildman–Crippen LogP) is 2.77. The van der Waals surface area contributed by atoms with Gasteiger partial charge in [0.2, 0.25) is 0 Å². The minimum Gasteiger partial charge on any atom is -0.308 e. The molecule has 0 radical (unpaired) electrons. The zero-order valence-corrected chi connectivity index (χ0v) is 14.7. The van der Waals surface area contributed by atoms with Crippen LogP contribution in [0.1, 0.15) is 30.4 Å². The van der Waals surface area contributed by atoms with E-state index in [9.17, 15) is 14.0 Å². The van der Waals surface area contributed by atoms with Gasteiger partial charge in [0, 0.05) is 5.69 Å². The number of hydrogen-bond acceptors (Lipinski definition) is 4. The minimum atomic E-state index is -0.652. The summed E-state index contributed by atoms with van der Waals surface area (Å²) in [6.07, 6.45) is 1.25. The number of anilines is 2. The number of fused-ring (bicyclic) bond motifs is 1. The Morgan fingerprint density at radius 1 is 1.27 bits per heavy atom. The van der Waals surface area contributed by atoms with Crippen molar-refractivity contribution in [3.8, 4) is 0 Å². The van der Waals surface area contributed by atoms with E-state index in [-0.39, 0.29) is 17.2 Å². The van der Waals surface area contributed by atoms with Crippen LogP contribution in [0.4, 0.5) is 20.6 Å². The van der Waals surface area contributed by atoms with Crippen molar-refractivity contribution in [2.45, 2.75) is 33.6 Å². The standard InChI is InChI=1S/C17H19FN6O2/c1-4-5-13-14(15(25)24-16(21-13)19-10(3)23-24)22-17(26)20-11-7-6-9(2)12(18)8-11/h6-8H,4-5H2,1-3H3,(H,19,21,23)(H2,20,22,26). The second-order valence-corrected chi connectivity index (χ2v) is 5.98. The quantitative estimate of drug-likeness (QED) is 0.667. The fourth-order valence-corrected chi connectivity index (χ4v) is 2.56. The summed E-state index contributed by atoms with van der Waals surface area (Å²) in [6.45, 7) is 5.28. The molecule has 3 N–H and O–H groups in total. The van der Waals surface area contributed by atoms with Crippen LogP contribution >= 0.6 is 0 Å². The van der Waals surface area contributed by atoms with Gasteiger partial charge >= 0.3 is 6.03 Å². The molecule has 0 fully saturated rings. The van der Waals surface area contributed by atoms with Crippen LogP contribution in [0.3, 0.4) is 0 Å². The van der Waals surface area contributed by atoms with Gasteiger partial charge < -0.3 is 10.6 Å². The van der Waals surface area contributed by atoms with Crippen LogP contribution in [0.25, 0.3) is 5.78 Å². The minimum absolute atomic E-state index is 0.0677. The first kappa shape index (κ1) is 17.6. The summed E-state index contributed by atoms with van der Waals surface area (Å²) in [6, 6.07) is 3.70. The van der Waals surface area contributed by atoms with Crippen molar-refractivity contribution in [2.75, 3.05) is 10.6 Å². The molecule has 3 rings (SSSR count). The van der Waals surface area contributed by atoms with Gasteiger partial charge in [0.1, 0.15) is 17.3 Å². The van der Waals surface area contributed by atoms with Gasteiger partial charge in [-0.2, -0.15) is 9.50 Å². The van der Waals surface area contributed by atoms with E-state index in [1.54, 1.807) is 26.0 Å². The molecule has 0 aliphatic carbocycles. The molecule has 2 amide bonds. The van der Waals surface area contributed by atoms with E-state index in [2.05, 4.69) is 25.7 Å². The summed E-state index contributed by atoms with van der Waals surface area (Å²) < 4.78 is 14.8. The summed E-state index contributed by atoms with van der Waals surface area (Å²) in [4.78, 5) is 33.5. The lowest BCUT2D eigenvalue weighted by molar-refractivity contribution is 0.262. The van der Waals surface area contributed by atoms with E-state index >= 15 is 0 Å². The molecule has 0 spiro atoms. The number of halogens is 1. The average Bonchev–Trinajstić information content (AvgIpc) is 2.95. The van der Waals surface area contributed by atoms with Crippen LogP contribution in [-0.2, 0) is 6.42 Å². The summed E-state index contributed by atoms with van der Waals surface area (Å²) in [5.41, 5.74) is 0.828. The number of nitrogens with zero attached hydrogens (tertiary/aromatic N) is 3. The summed E-state index contributed by atoms with van der Waals surface area (Å²) in [5, 5.41) is 7.83. The predicted molar refractivity (Wildman–Crippen MR) is 96.1 cm³/mol. The summed E-state index contributed by atoms with van der Waals surface area (Å²) in [7, 11) is 0. The molecule has 0 saturated heterocycles. The first-order chi connectivity index (χ1) is 12.4. The molecule has 9 heteroatoms. The maximum atomic E-state index is 13.6. The Morgan fingerprint density at radius 2 is 2.04 bits per heavy atom. The SMILES string of the molecule is CCCc1nc2nc(C)[nH]n2c(=O)c1NC(=O)Nc1ccc(C)c(F)c1. The number of aromatic amines is 1. The van der Waals surface area contributed by atoms with Crippen molar-refractivity contribution in [2.24, 2.45) is 0 Å². The number of aryl methyl sites for hydroxylation is 3. The van der Waals surface area contributed by atoms with Crippen molar-refractivity contribution in [3.05, 3.63) is 51.5 Å². The third-order valence-corrected chi connectivity index (χ3v) is 3.84. The van der Waals surface area contributed by atoms with Gasteiger partial charge in [-0.05, 0) is 38.0 Å². The molecular weight excluding hydrogens is 339 g/mol. The summed E-state index contributed by atoms with van der Waals surface area (Å²) in [5.74, 6) is 0.363. The van der Waals surface area contributed by atoms with Gasteiger partial charge in [-0.25, -0.2) is 14.2 Å². The number of urea groups is 1. The van der Waals surface area contributed by atoms with Crippen LogP contribution in [-0.4, -0.2) is 25.6 Å². The highest BCUT2D eigenvalue weighted by Gasteiger charge is 2.17. The van der Waals surface area contributed by atoms with E-state index < -0.39 is 17.4 Å². The van der Waals surface area contributed by atoms with Gasteiger partial charge in [-0.1, -0.05) is 19.4 Å². The number of carbonyl (C=O) groups excluding carboxylic acids is 1. The molecule has 0 atom stereocenters. The molecule has 0 aliphatic rings. The zero-order chi connectivity index (χ0) is 18.8. The second-order valence-electron chi connectivity index (χ2n) is 5.98. The number of rotatable bonds is 4. The number of carbonyl (C=O) groups is 1. The number of nitrogens with one attached hydrogen (secondary N) is 3. The van der Waals surface area contributed by atoms with Crippen LogP contribution in [0.15, 0.2) is 23.0 Å². The number of H-pyrrole nitrogens is 1. The molecule has 0 bridgehead atoms. The molecule has 0 aliphatic heterocycles. The lowest BCUT2D eigenvalue weighted by Crippen LogP contribution is -2.28. The molecule has 0 unspecified atom stereocenters. The number of benzene rings is 1. The van der Waals surface area contributed by atoms with Crippen molar-refractivity contribution in [1.82, 2.24) is 19.6 Å². The van der Waals surface area contributed by atoms with Crippen LogP contribution in [0.2, 0.25) is 0 Å². The van der Waals surface area contributed by atoms with Crippen LogP contribution in [0.5, 0.6) is 0 Å². The summed E-state index contributed by atoms with van der Waals surface area (Å²) >= 11 is 0. The van der Waals surface area contributed by atoms with E-state index in [4.69, 9.17) is 0 Å². The van der Waals surface area contributed by atoms with Crippen molar-refractivity contribution in [1.29, 1.82) is 0 Å².